The SMILES string of the molecule is CCOc1c(CC)c(C(C)(C)N)c(CC(C)C)c(CC(C)C)c1Oc1ccccc1C. The van der Waals surface area contributed by atoms with E-state index in [2.05, 4.69) is 61.5 Å². The molecule has 0 unspecified atom stereocenters. The third-order valence-corrected chi connectivity index (χ3v) is 5.54. The molecule has 172 valence electrons. The molecule has 0 fully saturated rings. The van der Waals surface area contributed by atoms with Crippen molar-refractivity contribution in [2.24, 2.45) is 17.6 Å². The molecule has 0 bridgehead atoms. The molecule has 0 amide bonds. The van der Waals surface area contributed by atoms with Crippen LogP contribution < -0.4 is 15.2 Å². The molecule has 0 heterocycles. The van der Waals surface area contributed by atoms with E-state index in [0.717, 1.165) is 42.1 Å². The number of aryl methyl sites for hydroxylation is 1. The van der Waals surface area contributed by atoms with Crippen LogP contribution in [0, 0.1) is 18.8 Å². The number of rotatable bonds is 10. The molecule has 2 N–H and O–H groups in total. The van der Waals surface area contributed by atoms with E-state index in [1.807, 2.05) is 25.1 Å². The van der Waals surface area contributed by atoms with E-state index in [0.29, 0.717) is 18.4 Å². The van der Waals surface area contributed by atoms with Crippen LogP contribution in [0.15, 0.2) is 24.3 Å². The molecule has 3 heteroatoms. The fraction of sp³-hybridized carbons (Fsp3) is 0.571. The lowest BCUT2D eigenvalue weighted by molar-refractivity contribution is 0.313. The van der Waals surface area contributed by atoms with Gasteiger partial charge >= 0.3 is 0 Å². The first-order valence-electron chi connectivity index (χ1n) is 11.9. The zero-order valence-electron chi connectivity index (χ0n) is 21.2. The summed E-state index contributed by atoms with van der Waals surface area (Å²) in [6, 6.07) is 8.20. The first-order valence-corrected chi connectivity index (χ1v) is 11.9. The van der Waals surface area contributed by atoms with Crippen molar-refractivity contribution in [3.63, 3.8) is 0 Å². The normalized spacial score (nSPS) is 12.0. The molecule has 0 saturated carbocycles. The van der Waals surface area contributed by atoms with Crippen LogP contribution >= 0.6 is 0 Å². The standard InChI is InChI=1S/C28H43NO2/c1-10-21-25(28(8,9)29)22(16-18(3)4)23(17-19(5)6)27(26(21)30-11-2)31-24-15-13-12-14-20(24)7/h12-15,18-19H,10-11,16-17,29H2,1-9H3. The fourth-order valence-electron chi connectivity index (χ4n) is 4.42. The molecule has 0 aromatic heterocycles. The van der Waals surface area contributed by atoms with Crippen LogP contribution in [-0.2, 0) is 24.8 Å². The lowest BCUT2D eigenvalue weighted by atomic mass is 9.78. The third-order valence-electron chi connectivity index (χ3n) is 5.54. The number of hydrogen-bond donors (Lipinski definition) is 1. The van der Waals surface area contributed by atoms with Crippen LogP contribution in [0.5, 0.6) is 17.2 Å². The molecule has 0 spiro atoms. The summed E-state index contributed by atoms with van der Waals surface area (Å²) in [5, 5.41) is 0. The predicted molar refractivity (Wildman–Crippen MR) is 133 cm³/mol. The van der Waals surface area contributed by atoms with Gasteiger partial charge in [0.25, 0.3) is 0 Å². The Morgan fingerprint density at radius 3 is 1.94 bits per heavy atom. The van der Waals surface area contributed by atoms with Gasteiger partial charge in [0.15, 0.2) is 11.5 Å². The first-order chi connectivity index (χ1) is 14.5. The lowest BCUT2D eigenvalue weighted by Crippen LogP contribution is -2.33. The van der Waals surface area contributed by atoms with E-state index in [1.165, 1.54) is 22.3 Å². The molecular weight excluding hydrogens is 382 g/mol. The van der Waals surface area contributed by atoms with Gasteiger partial charge in [-0.25, -0.2) is 0 Å². The molecule has 2 aromatic rings. The zero-order valence-corrected chi connectivity index (χ0v) is 21.2. The van der Waals surface area contributed by atoms with E-state index in [9.17, 15) is 0 Å². The van der Waals surface area contributed by atoms with Crippen LogP contribution in [-0.4, -0.2) is 6.61 Å². The van der Waals surface area contributed by atoms with Gasteiger partial charge in [-0.15, -0.1) is 0 Å². The van der Waals surface area contributed by atoms with Crippen molar-refractivity contribution in [1.29, 1.82) is 0 Å². The maximum Gasteiger partial charge on any atom is 0.173 e. The van der Waals surface area contributed by atoms with Crippen LogP contribution in [0.3, 0.4) is 0 Å². The first kappa shape index (κ1) is 25.3. The minimum Gasteiger partial charge on any atom is -0.490 e. The summed E-state index contributed by atoms with van der Waals surface area (Å²) in [6.07, 6.45) is 2.75. The van der Waals surface area contributed by atoms with Gasteiger partial charge < -0.3 is 15.2 Å². The Hall–Kier alpha value is -2.00. The van der Waals surface area contributed by atoms with Crippen LogP contribution in [0.25, 0.3) is 0 Å². The second-order valence-electron chi connectivity index (χ2n) is 10.0. The monoisotopic (exact) mass is 425 g/mol. The van der Waals surface area contributed by atoms with E-state index >= 15 is 0 Å². The summed E-state index contributed by atoms with van der Waals surface area (Å²) in [4.78, 5) is 0. The number of benzene rings is 2. The fourth-order valence-corrected chi connectivity index (χ4v) is 4.42. The van der Waals surface area contributed by atoms with Crippen molar-refractivity contribution in [2.75, 3.05) is 6.61 Å². The molecule has 0 atom stereocenters. The van der Waals surface area contributed by atoms with Gasteiger partial charge in [-0.1, -0.05) is 52.8 Å². The third kappa shape index (κ3) is 6.04. The molecule has 0 radical (unpaired) electrons. The number of hydrogen-bond acceptors (Lipinski definition) is 3. The average Bonchev–Trinajstić information content (AvgIpc) is 2.65. The minimum absolute atomic E-state index is 0.464. The van der Waals surface area contributed by atoms with Crippen molar-refractivity contribution >= 4 is 0 Å². The van der Waals surface area contributed by atoms with Crippen LogP contribution in [0.2, 0.25) is 0 Å². The van der Waals surface area contributed by atoms with Gasteiger partial charge in [0, 0.05) is 16.7 Å². The quantitative estimate of drug-likeness (QED) is 0.433. The molecule has 0 aliphatic carbocycles. The Labute approximate surface area is 190 Å². The van der Waals surface area contributed by atoms with Crippen molar-refractivity contribution < 1.29 is 9.47 Å². The molecule has 2 aromatic carbocycles. The van der Waals surface area contributed by atoms with Crippen molar-refractivity contribution in [2.45, 2.75) is 87.1 Å². The van der Waals surface area contributed by atoms with Gasteiger partial charge in [-0.05, 0) is 81.5 Å². The maximum absolute atomic E-state index is 6.80. The molecule has 31 heavy (non-hydrogen) atoms. The molecular formula is C28H43NO2. The summed E-state index contributed by atoms with van der Waals surface area (Å²) in [5.41, 5.74) is 12.5. The minimum atomic E-state index is -0.464. The Balaban J connectivity index is 2.97. The Morgan fingerprint density at radius 1 is 0.871 bits per heavy atom. The van der Waals surface area contributed by atoms with Gasteiger partial charge in [0.2, 0.25) is 0 Å². The Bertz CT molecular complexity index is 876. The smallest absolute Gasteiger partial charge is 0.173 e. The van der Waals surface area contributed by atoms with Crippen molar-refractivity contribution in [3.05, 3.63) is 52.1 Å². The maximum atomic E-state index is 6.80. The highest BCUT2D eigenvalue weighted by Crippen LogP contribution is 2.47. The van der Waals surface area contributed by atoms with E-state index in [1.54, 1.807) is 0 Å². The molecule has 3 nitrogen and oxygen atoms in total. The number of para-hydroxylation sites is 1. The molecule has 0 aliphatic heterocycles. The molecule has 2 rings (SSSR count). The largest absolute Gasteiger partial charge is 0.490 e. The second kappa shape index (κ2) is 10.5. The van der Waals surface area contributed by atoms with Crippen LogP contribution in [0.1, 0.15) is 83.2 Å². The highest BCUT2D eigenvalue weighted by atomic mass is 16.5. The Morgan fingerprint density at radius 2 is 1.45 bits per heavy atom. The summed E-state index contributed by atoms with van der Waals surface area (Å²) in [6.45, 7) is 20.2. The predicted octanol–water partition coefficient (Wildman–Crippen LogP) is 7.34. The van der Waals surface area contributed by atoms with Gasteiger partial charge in [0.1, 0.15) is 5.75 Å². The van der Waals surface area contributed by atoms with Crippen molar-refractivity contribution in [3.8, 4) is 17.2 Å². The molecule has 0 saturated heterocycles. The lowest BCUT2D eigenvalue weighted by Gasteiger charge is -2.33. The van der Waals surface area contributed by atoms with E-state index < -0.39 is 5.54 Å². The molecule has 0 aliphatic rings. The summed E-state index contributed by atoms with van der Waals surface area (Å²) < 4.78 is 13.0. The summed E-state index contributed by atoms with van der Waals surface area (Å²) >= 11 is 0. The van der Waals surface area contributed by atoms with Gasteiger partial charge in [-0.3, -0.25) is 0 Å². The number of nitrogens with two attached hydrogens (primary N) is 1. The highest BCUT2D eigenvalue weighted by Gasteiger charge is 2.32. The average molecular weight is 426 g/mol. The van der Waals surface area contributed by atoms with E-state index in [-0.39, 0.29) is 0 Å². The highest BCUT2D eigenvalue weighted by molar-refractivity contribution is 5.63. The van der Waals surface area contributed by atoms with Gasteiger partial charge in [0.05, 0.1) is 6.61 Å². The number of ether oxygens (including phenoxy) is 2. The summed E-state index contributed by atoms with van der Waals surface area (Å²) in [7, 11) is 0. The Kier molecular flexibility index (Phi) is 8.59. The zero-order chi connectivity index (χ0) is 23.3. The second-order valence-corrected chi connectivity index (χ2v) is 10.0. The van der Waals surface area contributed by atoms with E-state index in [4.69, 9.17) is 15.2 Å². The topological polar surface area (TPSA) is 44.5 Å². The van der Waals surface area contributed by atoms with Gasteiger partial charge in [-0.2, -0.15) is 0 Å². The van der Waals surface area contributed by atoms with Crippen LogP contribution in [0.4, 0.5) is 0 Å². The van der Waals surface area contributed by atoms with Crippen molar-refractivity contribution in [1.82, 2.24) is 0 Å². The summed E-state index contributed by atoms with van der Waals surface area (Å²) in [5.74, 6) is 3.63.